The summed E-state index contributed by atoms with van der Waals surface area (Å²) in [7, 11) is 0. The first-order chi connectivity index (χ1) is 4.72. The molecular formula is C7H13NO2. The molecule has 0 saturated heterocycles. The van der Waals surface area contributed by atoms with Crippen molar-refractivity contribution in [1.82, 2.24) is 5.32 Å². The van der Waals surface area contributed by atoms with Gasteiger partial charge in [0, 0.05) is 6.54 Å². The number of nitrogens with one attached hydrogen (secondary N) is 1. The van der Waals surface area contributed by atoms with E-state index < -0.39 is 5.97 Å². The van der Waals surface area contributed by atoms with Crippen LogP contribution in [0.3, 0.4) is 0 Å². The summed E-state index contributed by atoms with van der Waals surface area (Å²) >= 11 is 0. The fraction of sp³-hybridized carbons (Fsp3) is 0.571. The van der Waals surface area contributed by atoms with Crippen LogP contribution >= 0.6 is 0 Å². The number of allylic oxidation sites excluding steroid dienone is 1. The Labute approximate surface area is 60.7 Å². The SMILES string of the molecule is CC/C=C(\NCC)C(=O)O. The van der Waals surface area contributed by atoms with Gasteiger partial charge in [0.05, 0.1) is 0 Å². The molecule has 0 aromatic rings. The van der Waals surface area contributed by atoms with E-state index in [9.17, 15) is 4.79 Å². The van der Waals surface area contributed by atoms with Crippen molar-refractivity contribution in [2.24, 2.45) is 0 Å². The molecule has 10 heavy (non-hydrogen) atoms. The monoisotopic (exact) mass is 143 g/mol. The zero-order valence-electron chi connectivity index (χ0n) is 6.35. The van der Waals surface area contributed by atoms with Crippen molar-refractivity contribution < 1.29 is 9.90 Å². The molecule has 0 amide bonds. The average Bonchev–Trinajstić information content (AvgIpc) is 1.87. The number of likely N-dealkylation sites (N-methyl/N-ethyl adjacent to an activating group) is 1. The largest absolute Gasteiger partial charge is 0.477 e. The van der Waals surface area contributed by atoms with Crippen LogP contribution in [0.1, 0.15) is 20.3 Å². The van der Waals surface area contributed by atoms with Crippen LogP contribution < -0.4 is 5.32 Å². The van der Waals surface area contributed by atoms with Gasteiger partial charge in [0.2, 0.25) is 0 Å². The Morgan fingerprint density at radius 2 is 2.20 bits per heavy atom. The number of hydrogen-bond acceptors (Lipinski definition) is 2. The van der Waals surface area contributed by atoms with Crippen LogP contribution in [-0.4, -0.2) is 17.6 Å². The van der Waals surface area contributed by atoms with Gasteiger partial charge in [-0.2, -0.15) is 0 Å². The molecule has 58 valence electrons. The van der Waals surface area contributed by atoms with Gasteiger partial charge < -0.3 is 10.4 Å². The number of carboxylic acids is 1. The Morgan fingerprint density at radius 3 is 2.50 bits per heavy atom. The molecule has 0 radical (unpaired) electrons. The van der Waals surface area contributed by atoms with E-state index in [2.05, 4.69) is 5.32 Å². The Bertz CT molecular complexity index is 141. The van der Waals surface area contributed by atoms with Crippen LogP contribution in [-0.2, 0) is 4.79 Å². The second-order valence-electron chi connectivity index (χ2n) is 1.86. The summed E-state index contributed by atoms with van der Waals surface area (Å²) in [5, 5.41) is 11.2. The van der Waals surface area contributed by atoms with E-state index in [1.807, 2.05) is 13.8 Å². The minimum Gasteiger partial charge on any atom is -0.477 e. The van der Waals surface area contributed by atoms with Gasteiger partial charge in [-0.3, -0.25) is 0 Å². The molecule has 0 heterocycles. The standard InChI is InChI=1S/C7H13NO2/c1-3-5-6(7(9)10)8-4-2/h5,8H,3-4H2,1-2H3,(H,9,10)/b6-5-. The van der Waals surface area contributed by atoms with Crippen LogP contribution in [0.2, 0.25) is 0 Å². The molecule has 0 aliphatic carbocycles. The first-order valence-corrected chi connectivity index (χ1v) is 3.39. The number of aliphatic carboxylic acids is 1. The molecule has 0 spiro atoms. The molecule has 0 unspecified atom stereocenters. The molecule has 3 nitrogen and oxygen atoms in total. The van der Waals surface area contributed by atoms with Crippen molar-refractivity contribution in [3.8, 4) is 0 Å². The van der Waals surface area contributed by atoms with Crippen molar-refractivity contribution in [2.45, 2.75) is 20.3 Å². The van der Waals surface area contributed by atoms with Crippen LogP contribution in [0.5, 0.6) is 0 Å². The highest BCUT2D eigenvalue weighted by molar-refractivity contribution is 5.85. The van der Waals surface area contributed by atoms with E-state index in [1.54, 1.807) is 6.08 Å². The van der Waals surface area contributed by atoms with E-state index in [0.717, 1.165) is 6.42 Å². The number of hydrogen-bond donors (Lipinski definition) is 2. The van der Waals surface area contributed by atoms with Gasteiger partial charge in [-0.25, -0.2) is 4.79 Å². The molecule has 3 heteroatoms. The van der Waals surface area contributed by atoms with Gasteiger partial charge in [0.25, 0.3) is 0 Å². The van der Waals surface area contributed by atoms with Crippen molar-refractivity contribution in [2.75, 3.05) is 6.54 Å². The maximum atomic E-state index is 10.3. The summed E-state index contributed by atoms with van der Waals surface area (Å²) in [6.07, 6.45) is 2.40. The maximum Gasteiger partial charge on any atom is 0.351 e. The number of carboxylic acid groups (broad SMARTS) is 1. The molecule has 0 fully saturated rings. The van der Waals surface area contributed by atoms with Gasteiger partial charge in [0.1, 0.15) is 5.70 Å². The van der Waals surface area contributed by atoms with Crippen molar-refractivity contribution >= 4 is 5.97 Å². The van der Waals surface area contributed by atoms with Gasteiger partial charge in [-0.1, -0.05) is 13.0 Å². The minimum absolute atomic E-state index is 0.296. The molecule has 0 aliphatic rings. The average molecular weight is 143 g/mol. The first-order valence-electron chi connectivity index (χ1n) is 3.39. The summed E-state index contributed by atoms with van der Waals surface area (Å²) < 4.78 is 0. The van der Waals surface area contributed by atoms with Crippen LogP contribution in [0.15, 0.2) is 11.8 Å². The van der Waals surface area contributed by atoms with Crippen molar-refractivity contribution in [1.29, 1.82) is 0 Å². The highest BCUT2D eigenvalue weighted by atomic mass is 16.4. The third-order valence-corrected chi connectivity index (χ3v) is 1.01. The highest BCUT2D eigenvalue weighted by Gasteiger charge is 2.02. The van der Waals surface area contributed by atoms with Crippen molar-refractivity contribution in [3.63, 3.8) is 0 Å². The lowest BCUT2D eigenvalue weighted by molar-refractivity contribution is -0.133. The summed E-state index contributed by atoms with van der Waals surface area (Å²) in [6.45, 7) is 4.42. The van der Waals surface area contributed by atoms with Gasteiger partial charge >= 0.3 is 5.97 Å². The van der Waals surface area contributed by atoms with E-state index in [4.69, 9.17) is 5.11 Å². The Balaban J connectivity index is 3.98. The molecule has 0 aromatic heterocycles. The van der Waals surface area contributed by atoms with E-state index in [-0.39, 0.29) is 0 Å². The number of rotatable bonds is 4. The summed E-state index contributed by atoms with van der Waals surface area (Å²) in [6, 6.07) is 0. The predicted molar refractivity (Wildman–Crippen MR) is 39.7 cm³/mol. The predicted octanol–water partition coefficient (Wildman–Crippen LogP) is 0.974. The molecule has 0 bridgehead atoms. The zero-order chi connectivity index (χ0) is 7.98. The Kier molecular flexibility index (Phi) is 4.37. The fourth-order valence-electron chi connectivity index (χ4n) is 0.630. The van der Waals surface area contributed by atoms with Crippen LogP contribution in [0.25, 0.3) is 0 Å². The Morgan fingerprint density at radius 1 is 1.60 bits per heavy atom. The third-order valence-electron chi connectivity index (χ3n) is 1.01. The molecule has 0 rings (SSSR count). The lowest BCUT2D eigenvalue weighted by atomic mass is 10.3. The van der Waals surface area contributed by atoms with Gasteiger partial charge in [0.15, 0.2) is 0 Å². The van der Waals surface area contributed by atoms with E-state index >= 15 is 0 Å². The second kappa shape index (κ2) is 4.85. The second-order valence-corrected chi connectivity index (χ2v) is 1.86. The summed E-state index contributed by atoms with van der Waals surface area (Å²) in [5.74, 6) is -0.885. The molecule has 0 atom stereocenters. The molecule has 0 aromatic carbocycles. The highest BCUT2D eigenvalue weighted by Crippen LogP contribution is 1.90. The smallest absolute Gasteiger partial charge is 0.351 e. The quantitative estimate of drug-likeness (QED) is 0.576. The lowest BCUT2D eigenvalue weighted by Gasteiger charge is -2.01. The normalized spacial score (nSPS) is 11.2. The van der Waals surface area contributed by atoms with Crippen LogP contribution in [0.4, 0.5) is 0 Å². The summed E-state index contributed by atoms with van der Waals surface area (Å²) in [4.78, 5) is 10.3. The van der Waals surface area contributed by atoms with Crippen LogP contribution in [0, 0.1) is 0 Å². The van der Waals surface area contributed by atoms with Crippen molar-refractivity contribution in [3.05, 3.63) is 11.8 Å². The zero-order valence-corrected chi connectivity index (χ0v) is 6.35. The van der Waals surface area contributed by atoms with E-state index in [1.165, 1.54) is 0 Å². The molecule has 2 N–H and O–H groups in total. The maximum absolute atomic E-state index is 10.3. The Hall–Kier alpha value is -0.990. The third kappa shape index (κ3) is 3.12. The first kappa shape index (κ1) is 9.01. The molecule has 0 aliphatic heterocycles. The fourth-order valence-corrected chi connectivity index (χ4v) is 0.630. The van der Waals surface area contributed by atoms with Gasteiger partial charge in [-0.05, 0) is 13.3 Å². The minimum atomic E-state index is -0.885. The molecular weight excluding hydrogens is 130 g/mol. The van der Waals surface area contributed by atoms with Gasteiger partial charge in [-0.15, -0.1) is 0 Å². The lowest BCUT2D eigenvalue weighted by Crippen LogP contribution is -2.19. The summed E-state index contributed by atoms with van der Waals surface area (Å²) in [5.41, 5.74) is 0.296. The van der Waals surface area contributed by atoms with E-state index in [0.29, 0.717) is 12.2 Å². The topological polar surface area (TPSA) is 49.3 Å². The number of carbonyl (C=O) groups is 1. The molecule has 0 saturated carbocycles.